The number of H-pyrrole nitrogens is 1. The molecule has 0 aliphatic heterocycles. The molecule has 59 heavy (non-hydrogen) atoms. The number of nitrogens with zero attached hydrogens (tertiary/aromatic N) is 2. The molecule has 2 saturated carbocycles. The Bertz CT molecular complexity index is 2130. The van der Waals surface area contributed by atoms with Gasteiger partial charge in [-0.3, -0.25) is 14.4 Å². The lowest BCUT2D eigenvalue weighted by molar-refractivity contribution is -0.231. The summed E-state index contributed by atoms with van der Waals surface area (Å²) in [6, 6.07) is 17.6. The molecule has 13 nitrogen and oxygen atoms in total. The van der Waals surface area contributed by atoms with Crippen molar-refractivity contribution in [2.24, 2.45) is 17.6 Å². The number of benzene rings is 3. The number of amides is 3. The number of halogens is 4. The van der Waals surface area contributed by atoms with Crippen molar-refractivity contribution in [3.8, 4) is 22.5 Å². The van der Waals surface area contributed by atoms with Gasteiger partial charge in [-0.05, 0) is 129 Å². The number of nitrogens with two attached hydrogens (primary N) is 1. The third kappa shape index (κ3) is 9.96. The highest BCUT2D eigenvalue weighted by Gasteiger charge is 2.65. The van der Waals surface area contributed by atoms with E-state index in [1.54, 1.807) is 6.07 Å². The average Bonchev–Trinajstić information content (AvgIpc) is 3.73. The zero-order chi connectivity index (χ0) is 42.5. The lowest BCUT2D eigenvalue weighted by Gasteiger charge is -2.28. The van der Waals surface area contributed by atoms with Crippen LogP contribution in [-0.2, 0) is 26.7 Å². The first-order valence-corrected chi connectivity index (χ1v) is 19.6. The second kappa shape index (κ2) is 18.1. The molecular formula is C42H47F4N7O6. The Morgan fingerprint density at radius 1 is 0.864 bits per heavy atom. The van der Waals surface area contributed by atoms with Gasteiger partial charge >= 0.3 is 17.8 Å². The molecule has 6 rings (SSSR count). The number of hydrogen-bond donors (Lipinski definition) is 7. The first-order valence-electron chi connectivity index (χ1n) is 19.6. The number of hydrogen-bond acceptors (Lipinski definition) is 8. The molecule has 0 unspecified atom stereocenters. The Kier molecular flexibility index (Phi) is 13.1. The monoisotopic (exact) mass is 821 g/mol. The van der Waals surface area contributed by atoms with Crippen molar-refractivity contribution in [1.82, 2.24) is 25.8 Å². The van der Waals surface area contributed by atoms with Crippen LogP contribution in [0, 0.1) is 18.8 Å². The predicted octanol–water partition coefficient (Wildman–Crippen LogP) is 5.72. The minimum absolute atomic E-state index is 0.0295. The lowest BCUT2D eigenvalue weighted by Crippen LogP contribution is -2.48. The van der Waals surface area contributed by atoms with Crippen LogP contribution in [0.4, 0.5) is 23.2 Å². The van der Waals surface area contributed by atoms with Crippen molar-refractivity contribution in [3.63, 3.8) is 0 Å². The highest BCUT2D eigenvalue weighted by atomic mass is 19.3. The van der Waals surface area contributed by atoms with E-state index in [0.29, 0.717) is 43.7 Å². The van der Waals surface area contributed by atoms with E-state index in [9.17, 15) is 41.8 Å². The number of alkyl halides is 4. The zero-order valence-electron chi connectivity index (χ0n) is 32.3. The molecule has 2 aliphatic rings. The molecule has 2 aliphatic carbocycles. The molecule has 1 heterocycles. The summed E-state index contributed by atoms with van der Waals surface area (Å²) in [6.45, 7) is 2.47. The van der Waals surface area contributed by atoms with Gasteiger partial charge in [0.15, 0.2) is 5.82 Å². The summed E-state index contributed by atoms with van der Waals surface area (Å²) in [5.41, 5.74) is 10.2. The number of aliphatic carboxylic acids is 1. The summed E-state index contributed by atoms with van der Waals surface area (Å²) >= 11 is 0. The molecule has 3 aromatic carbocycles. The molecule has 0 spiro atoms. The number of aromatic amines is 1. The number of carbonyl (C=O) groups excluding carboxylic acids is 3. The van der Waals surface area contributed by atoms with E-state index in [0.717, 1.165) is 47.9 Å². The number of carboxylic acid groups (broad SMARTS) is 1. The number of nitrogens with one attached hydrogen (secondary N) is 4. The van der Waals surface area contributed by atoms with Gasteiger partial charge in [-0.25, -0.2) is 4.79 Å². The fourth-order valence-electron chi connectivity index (χ4n) is 7.59. The predicted molar refractivity (Wildman–Crippen MR) is 209 cm³/mol. The number of aryl methyl sites for hydroxylation is 1. The van der Waals surface area contributed by atoms with E-state index >= 15 is 0 Å². The number of aromatic nitrogens is 3. The summed E-state index contributed by atoms with van der Waals surface area (Å²) in [4.78, 5) is 52.9. The van der Waals surface area contributed by atoms with Crippen LogP contribution < -0.4 is 21.7 Å². The molecule has 0 radical (unpaired) electrons. The van der Waals surface area contributed by atoms with Crippen LogP contribution in [0.3, 0.4) is 0 Å². The zero-order valence-corrected chi connectivity index (χ0v) is 32.3. The van der Waals surface area contributed by atoms with E-state index in [2.05, 4.69) is 26.1 Å². The van der Waals surface area contributed by atoms with Gasteiger partial charge in [0.1, 0.15) is 6.04 Å². The average molecular weight is 822 g/mol. The third-order valence-electron chi connectivity index (χ3n) is 11.3. The van der Waals surface area contributed by atoms with Gasteiger partial charge in [0.05, 0.1) is 6.10 Å². The fourth-order valence-corrected chi connectivity index (χ4v) is 7.59. The van der Waals surface area contributed by atoms with E-state index in [4.69, 9.17) is 10.8 Å². The number of carbonyl (C=O) groups is 4. The van der Waals surface area contributed by atoms with Crippen LogP contribution in [0.15, 0.2) is 66.7 Å². The molecule has 1 aromatic heterocycles. The molecular weight excluding hydrogens is 774 g/mol. The van der Waals surface area contributed by atoms with E-state index in [-0.39, 0.29) is 53.4 Å². The normalized spacial score (nSPS) is 20.3. The second-order valence-electron chi connectivity index (χ2n) is 15.5. The maximum Gasteiger partial charge on any atom is 0.411 e. The van der Waals surface area contributed by atoms with Crippen molar-refractivity contribution in [3.05, 3.63) is 89.2 Å². The molecule has 0 bridgehead atoms. The van der Waals surface area contributed by atoms with E-state index < -0.39 is 35.6 Å². The van der Waals surface area contributed by atoms with Crippen molar-refractivity contribution in [2.45, 2.75) is 94.7 Å². The molecule has 1 atom stereocenters. The van der Waals surface area contributed by atoms with Crippen LogP contribution in [-0.4, -0.2) is 79.7 Å². The van der Waals surface area contributed by atoms with Gasteiger partial charge in [0.2, 0.25) is 17.6 Å². The van der Waals surface area contributed by atoms with Crippen LogP contribution in [0.1, 0.15) is 78.7 Å². The summed E-state index contributed by atoms with van der Waals surface area (Å²) in [6.07, 6.45) is 5.53. The van der Waals surface area contributed by atoms with Gasteiger partial charge in [-0.15, -0.1) is 10.2 Å². The minimum Gasteiger partial charge on any atom is -0.477 e. The third-order valence-corrected chi connectivity index (χ3v) is 11.3. The summed E-state index contributed by atoms with van der Waals surface area (Å²) in [5, 5.41) is 33.6. The number of aliphatic hydroxyl groups is 1. The molecule has 2 fully saturated rings. The highest BCUT2D eigenvalue weighted by Crippen LogP contribution is 2.42. The maximum absolute atomic E-state index is 14.3. The molecule has 314 valence electrons. The van der Waals surface area contributed by atoms with E-state index in [1.807, 2.05) is 48.3 Å². The Balaban J connectivity index is 1.14. The summed E-state index contributed by atoms with van der Waals surface area (Å²) in [7, 11) is 0. The largest absolute Gasteiger partial charge is 0.477 e. The van der Waals surface area contributed by atoms with Gasteiger partial charge in [0.25, 0.3) is 5.91 Å². The van der Waals surface area contributed by atoms with Gasteiger partial charge in [-0.1, -0.05) is 30.3 Å². The topological polar surface area (TPSA) is 212 Å². The van der Waals surface area contributed by atoms with Crippen molar-refractivity contribution in [1.29, 1.82) is 0 Å². The van der Waals surface area contributed by atoms with E-state index in [1.165, 1.54) is 24.3 Å². The highest BCUT2D eigenvalue weighted by molar-refractivity contribution is 5.98. The summed E-state index contributed by atoms with van der Waals surface area (Å²) in [5.74, 6) is -16.5. The minimum atomic E-state index is -5.44. The van der Waals surface area contributed by atoms with Crippen LogP contribution >= 0.6 is 0 Å². The number of rotatable bonds is 14. The van der Waals surface area contributed by atoms with Crippen LogP contribution in [0.2, 0.25) is 0 Å². The molecule has 8 N–H and O–H groups in total. The first kappa shape index (κ1) is 42.9. The van der Waals surface area contributed by atoms with Gasteiger partial charge < -0.3 is 36.9 Å². The fraction of sp³-hybridized carbons (Fsp3) is 0.429. The Morgan fingerprint density at radius 2 is 1.51 bits per heavy atom. The molecule has 17 heteroatoms. The maximum atomic E-state index is 14.3. The number of aliphatic hydroxyl groups excluding tert-OH is 1. The van der Waals surface area contributed by atoms with Crippen molar-refractivity contribution >= 4 is 29.4 Å². The van der Waals surface area contributed by atoms with Gasteiger partial charge in [0, 0.05) is 35.2 Å². The summed E-state index contributed by atoms with van der Waals surface area (Å²) < 4.78 is 55.9. The Morgan fingerprint density at radius 3 is 2.12 bits per heavy atom. The standard InChI is InChI=1S/C42H47F4N7O6/c1-23-20-29(37(56)48-31-15-17-32(54)18-16-31)12-19-33(23)26-6-2-24(3-7-26)21-34(50-36(55)28-8-4-25(22-47)5-9-28)38(57)49-30-13-10-27(11-14-30)35-51-39(53-52-35)41(43,44)42(45,46)40(58)59/h2-3,6-7,10-14,19-20,25,28,31-32,34,54H,4-5,8-9,15-18,21-22,47H2,1H3,(H,48,56)(H,49,57)(H,50,55)(H,58,59)(H,51,52,53)/t25-,28-,31-,32-,34-/m0/s1. The van der Waals surface area contributed by atoms with Crippen LogP contribution in [0.5, 0.6) is 0 Å². The SMILES string of the molecule is Cc1cc(C(=O)N[C@H]2CC[C@H](O)CC2)ccc1-c1ccc(C[C@H](NC(=O)[C@H]2CC[C@H](CN)CC2)C(=O)Nc2ccc(-c3nnc(C(F)(F)C(F)(F)C(=O)O)[nH]3)cc2)cc1. The molecule has 0 saturated heterocycles. The van der Waals surface area contributed by atoms with Crippen LogP contribution in [0.25, 0.3) is 22.5 Å². The molecule has 3 amide bonds. The number of carboxylic acids is 1. The Labute approximate surface area is 337 Å². The lowest BCUT2D eigenvalue weighted by atomic mass is 9.81. The molecule has 4 aromatic rings. The quantitative estimate of drug-likeness (QED) is 0.0774. The second-order valence-corrected chi connectivity index (χ2v) is 15.5. The Hall–Kier alpha value is -5.68. The van der Waals surface area contributed by atoms with Crippen molar-refractivity contribution < 1.29 is 47.0 Å². The smallest absolute Gasteiger partial charge is 0.411 e. The van der Waals surface area contributed by atoms with Gasteiger partial charge in [-0.2, -0.15) is 17.6 Å². The number of anilines is 1. The van der Waals surface area contributed by atoms with Crippen molar-refractivity contribution in [2.75, 3.05) is 11.9 Å². The first-order chi connectivity index (χ1) is 28.0.